The normalized spacial score (nSPS) is 18.5. The van der Waals surface area contributed by atoms with Gasteiger partial charge in [-0.15, -0.1) is 0 Å². The molecule has 1 saturated heterocycles. The van der Waals surface area contributed by atoms with Crippen molar-refractivity contribution in [3.8, 4) is 0 Å². The molecular formula is C16H28N2O4. The number of carbonyl (C=O) groups is 3. The molecular weight excluding hydrogens is 284 g/mol. The van der Waals surface area contributed by atoms with Crippen LogP contribution in [-0.4, -0.2) is 41.0 Å². The molecule has 1 aliphatic heterocycles. The van der Waals surface area contributed by atoms with E-state index < -0.39 is 11.7 Å². The van der Waals surface area contributed by atoms with Crippen LogP contribution in [0.1, 0.15) is 66.2 Å². The van der Waals surface area contributed by atoms with Crippen LogP contribution in [0.25, 0.3) is 0 Å². The maximum Gasteiger partial charge on any atom is 0.407 e. The molecule has 0 unspecified atom stereocenters. The highest BCUT2D eigenvalue weighted by molar-refractivity contribution is 5.97. The average Bonchev–Trinajstić information content (AvgIpc) is 2.71. The van der Waals surface area contributed by atoms with E-state index in [9.17, 15) is 14.4 Å². The first-order valence-electron chi connectivity index (χ1n) is 8.02. The SMILES string of the molecule is C[C@@H]1CCC(=O)N1C(=O)CCCCCNC(=O)OC(C)(C)C. The Morgan fingerprint density at radius 1 is 1.27 bits per heavy atom. The van der Waals surface area contributed by atoms with Gasteiger partial charge in [0.15, 0.2) is 0 Å². The summed E-state index contributed by atoms with van der Waals surface area (Å²) in [6.07, 6.45) is 3.57. The highest BCUT2D eigenvalue weighted by Crippen LogP contribution is 2.19. The Morgan fingerprint density at radius 2 is 1.95 bits per heavy atom. The van der Waals surface area contributed by atoms with E-state index in [1.807, 2.05) is 27.7 Å². The monoisotopic (exact) mass is 312 g/mol. The summed E-state index contributed by atoms with van der Waals surface area (Å²) in [4.78, 5) is 36.4. The standard InChI is InChI=1S/C16H28N2O4/c1-12-9-10-14(20)18(12)13(19)8-6-5-7-11-17-15(21)22-16(2,3)4/h12H,5-11H2,1-4H3,(H,17,21)/t12-/m1/s1. The van der Waals surface area contributed by atoms with Crippen LogP contribution >= 0.6 is 0 Å². The van der Waals surface area contributed by atoms with E-state index in [0.29, 0.717) is 19.4 Å². The second-order valence-corrected chi connectivity index (χ2v) is 6.78. The van der Waals surface area contributed by atoms with E-state index in [0.717, 1.165) is 25.7 Å². The van der Waals surface area contributed by atoms with Crippen molar-refractivity contribution in [2.45, 2.75) is 77.9 Å². The molecule has 1 fully saturated rings. The summed E-state index contributed by atoms with van der Waals surface area (Å²) in [5.74, 6) is -0.126. The molecule has 0 aromatic carbocycles. The predicted molar refractivity (Wildman–Crippen MR) is 83.3 cm³/mol. The number of amides is 3. The van der Waals surface area contributed by atoms with Crippen LogP contribution in [-0.2, 0) is 14.3 Å². The van der Waals surface area contributed by atoms with Gasteiger partial charge >= 0.3 is 6.09 Å². The average molecular weight is 312 g/mol. The third-order valence-electron chi connectivity index (χ3n) is 3.49. The molecule has 126 valence electrons. The first-order valence-corrected chi connectivity index (χ1v) is 8.02. The van der Waals surface area contributed by atoms with Crippen molar-refractivity contribution < 1.29 is 19.1 Å². The van der Waals surface area contributed by atoms with Crippen LogP contribution in [0.2, 0.25) is 0 Å². The van der Waals surface area contributed by atoms with Crippen LogP contribution in [0.5, 0.6) is 0 Å². The zero-order valence-electron chi connectivity index (χ0n) is 14.1. The van der Waals surface area contributed by atoms with Gasteiger partial charge in [0.25, 0.3) is 0 Å². The van der Waals surface area contributed by atoms with Gasteiger partial charge in [-0.1, -0.05) is 6.42 Å². The van der Waals surface area contributed by atoms with Crippen LogP contribution in [0.15, 0.2) is 0 Å². The summed E-state index contributed by atoms with van der Waals surface area (Å²) >= 11 is 0. The topological polar surface area (TPSA) is 75.7 Å². The number of likely N-dealkylation sites (tertiary alicyclic amines) is 1. The third kappa shape index (κ3) is 6.45. The molecule has 6 heteroatoms. The van der Waals surface area contributed by atoms with E-state index in [-0.39, 0.29) is 17.9 Å². The van der Waals surface area contributed by atoms with Gasteiger partial charge in [0, 0.05) is 25.4 Å². The summed E-state index contributed by atoms with van der Waals surface area (Å²) in [6.45, 7) is 7.90. The number of carbonyl (C=O) groups excluding carboxylic acids is 3. The number of hydrogen-bond acceptors (Lipinski definition) is 4. The lowest BCUT2D eigenvalue weighted by Crippen LogP contribution is -2.36. The molecule has 6 nitrogen and oxygen atoms in total. The lowest BCUT2D eigenvalue weighted by Gasteiger charge is -2.20. The molecule has 1 rings (SSSR count). The summed E-state index contributed by atoms with van der Waals surface area (Å²) < 4.78 is 5.13. The van der Waals surface area contributed by atoms with Crippen molar-refractivity contribution in [3.05, 3.63) is 0 Å². The molecule has 0 aliphatic carbocycles. The summed E-state index contributed by atoms with van der Waals surface area (Å²) in [5, 5.41) is 2.69. The van der Waals surface area contributed by atoms with E-state index in [1.54, 1.807) is 0 Å². The molecule has 1 heterocycles. The van der Waals surface area contributed by atoms with Gasteiger partial charge in [-0.3, -0.25) is 14.5 Å². The maximum atomic E-state index is 12.0. The smallest absolute Gasteiger partial charge is 0.407 e. The minimum atomic E-state index is -0.491. The fraction of sp³-hybridized carbons (Fsp3) is 0.812. The van der Waals surface area contributed by atoms with Crippen molar-refractivity contribution in [2.24, 2.45) is 0 Å². The van der Waals surface area contributed by atoms with Gasteiger partial charge < -0.3 is 10.1 Å². The molecule has 0 saturated carbocycles. The van der Waals surface area contributed by atoms with Crippen molar-refractivity contribution in [3.63, 3.8) is 0 Å². The van der Waals surface area contributed by atoms with Gasteiger partial charge in [-0.05, 0) is 47.0 Å². The Balaban J connectivity index is 2.09. The minimum Gasteiger partial charge on any atom is -0.444 e. The molecule has 1 N–H and O–H groups in total. The number of hydrogen-bond donors (Lipinski definition) is 1. The second-order valence-electron chi connectivity index (χ2n) is 6.78. The third-order valence-corrected chi connectivity index (χ3v) is 3.49. The van der Waals surface area contributed by atoms with Gasteiger partial charge in [0.2, 0.25) is 11.8 Å². The first-order chi connectivity index (χ1) is 10.2. The Labute approximate surface area is 132 Å². The lowest BCUT2D eigenvalue weighted by molar-refractivity contribution is -0.143. The molecule has 22 heavy (non-hydrogen) atoms. The molecule has 3 amide bonds. The van der Waals surface area contributed by atoms with Gasteiger partial charge in [-0.2, -0.15) is 0 Å². The Morgan fingerprint density at radius 3 is 2.50 bits per heavy atom. The van der Waals surface area contributed by atoms with Crippen LogP contribution in [0.3, 0.4) is 0 Å². The number of ether oxygens (including phenoxy) is 1. The van der Waals surface area contributed by atoms with E-state index in [1.165, 1.54) is 4.90 Å². The Hall–Kier alpha value is -1.59. The molecule has 0 radical (unpaired) electrons. The van der Waals surface area contributed by atoms with Crippen molar-refractivity contribution in [2.75, 3.05) is 6.54 Å². The highest BCUT2D eigenvalue weighted by atomic mass is 16.6. The molecule has 1 atom stereocenters. The number of nitrogens with zero attached hydrogens (tertiary/aromatic N) is 1. The van der Waals surface area contributed by atoms with E-state index in [4.69, 9.17) is 4.74 Å². The van der Waals surface area contributed by atoms with Gasteiger partial charge in [0.1, 0.15) is 5.60 Å². The fourth-order valence-electron chi connectivity index (χ4n) is 2.42. The second kappa shape index (κ2) is 8.15. The first kappa shape index (κ1) is 18.5. The largest absolute Gasteiger partial charge is 0.444 e. The minimum absolute atomic E-state index is 0.0360. The summed E-state index contributed by atoms with van der Waals surface area (Å²) in [6, 6.07) is 0.0360. The molecule has 0 aromatic heterocycles. The Bertz CT molecular complexity index is 415. The maximum absolute atomic E-state index is 12.0. The molecule has 0 spiro atoms. The van der Waals surface area contributed by atoms with Gasteiger partial charge in [0.05, 0.1) is 0 Å². The van der Waals surface area contributed by atoms with Crippen LogP contribution in [0, 0.1) is 0 Å². The molecule has 1 aliphatic rings. The van der Waals surface area contributed by atoms with E-state index in [2.05, 4.69) is 5.32 Å². The molecule has 0 bridgehead atoms. The fourth-order valence-corrected chi connectivity index (χ4v) is 2.42. The number of unbranched alkanes of at least 4 members (excludes halogenated alkanes) is 2. The highest BCUT2D eigenvalue weighted by Gasteiger charge is 2.31. The van der Waals surface area contributed by atoms with Crippen LogP contribution < -0.4 is 5.32 Å². The zero-order valence-corrected chi connectivity index (χ0v) is 14.1. The van der Waals surface area contributed by atoms with E-state index >= 15 is 0 Å². The number of rotatable bonds is 6. The van der Waals surface area contributed by atoms with Crippen molar-refractivity contribution in [1.82, 2.24) is 10.2 Å². The number of imide groups is 1. The number of nitrogens with one attached hydrogen (secondary N) is 1. The lowest BCUT2D eigenvalue weighted by atomic mass is 10.1. The zero-order chi connectivity index (χ0) is 16.8. The predicted octanol–water partition coefficient (Wildman–Crippen LogP) is 2.61. The summed E-state index contributed by atoms with van der Waals surface area (Å²) in [5.41, 5.74) is -0.491. The number of alkyl carbamates (subject to hydrolysis) is 1. The van der Waals surface area contributed by atoms with Gasteiger partial charge in [-0.25, -0.2) is 4.79 Å². The quantitative estimate of drug-likeness (QED) is 0.765. The Kier molecular flexibility index (Phi) is 6.84. The van der Waals surface area contributed by atoms with Crippen molar-refractivity contribution in [1.29, 1.82) is 0 Å². The molecule has 0 aromatic rings. The summed E-state index contributed by atoms with van der Waals surface area (Å²) in [7, 11) is 0. The van der Waals surface area contributed by atoms with Crippen LogP contribution in [0.4, 0.5) is 4.79 Å². The van der Waals surface area contributed by atoms with Crippen molar-refractivity contribution >= 4 is 17.9 Å².